The van der Waals surface area contributed by atoms with Crippen LogP contribution in [0.3, 0.4) is 0 Å². The minimum absolute atomic E-state index is 0.0701. The third-order valence-electron chi connectivity index (χ3n) is 2.02. The molecule has 1 aromatic carbocycles. The summed E-state index contributed by atoms with van der Waals surface area (Å²) in [5, 5.41) is 9.94. The molecule has 0 bridgehead atoms. The molecule has 84 valence electrons. The zero-order valence-electron chi connectivity index (χ0n) is 8.76. The van der Waals surface area contributed by atoms with E-state index in [9.17, 15) is 9.50 Å². The largest absolute Gasteiger partial charge is 0.387 e. The lowest BCUT2D eigenvalue weighted by molar-refractivity contribution is -0.0161. The van der Waals surface area contributed by atoms with Gasteiger partial charge in [0.05, 0.1) is 17.2 Å². The fourth-order valence-electron chi connectivity index (χ4n) is 1.45. The molecule has 0 heterocycles. The van der Waals surface area contributed by atoms with Crippen molar-refractivity contribution >= 4 is 11.6 Å². The van der Waals surface area contributed by atoms with E-state index in [0.717, 1.165) is 5.56 Å². The molecule has 1 atom stereocenters. The van der Waals surface area contributed by atoms with Gasteiger partial charge in [-0.05, 0) is 24.6 Å². The third-order valence-corrected chi connectivity index (χ3v) is 2.31. The van der Waals surface area contributed by atoms with Gasteiger partial charge in [-0.2, -0.15) is 0 Å². The second-order valence-corrected chi connectivity index (χ2v) is 4.26. The molecular weight excluding hydrogens is 219 g/mol. The highest BCUT2D eigenvalue weighted by atomic mass is 35.5. The van der Waals surface area contributed by atoms with Gasteiger partial charge in [0.1, 0.15) is 5.82 Å². The van der Waals surface area contributed by atoms with Crippen LogP contribution >= 0.6 is 11.6 Å². The van der Waals surface area contributed by atoms with Gasteiger partial charge >= 0.3 is 0 Å². The van der Waals surface area contributed by atoms with Crippen LogP contribution in [0, 0.1) is 5.82 Å². The summed E-state index contributed by atoms with van der Waals surface area (Å²) in [6.45, 7) is 1.88. The number of rotatable bonds is 4. The van der Waals surface area contributed by atoms with Crippen LogP contribution in [0.1, 0.15) is 12.5 Å². The van der Waals surface area contributed by atoms with Crippen LogP contribution < -0.4 is 0 Å². The first kappa shape index (κ1) is 12.4. The monoisotopic (exact) mass is 232 g/mol. The molecule has 1 aromatic rings. The first-order valence-corrected chi connectivity index (χ1v) is 4.98. The summed E-state index contributed by atoms with van der Waals surface area (Å²) in [5.74, 6) is -0.452. The first-order valence-electron chi connectivity index (χ1n) is 4.60. The van der Waals surface area contributed by atoms with Crippen LogP contribution in [0.15, 0.2) is 18.2 Å². The Morgan fingerprint density at radius 2 is 2.20 bits per heavy atom. The molecule has 1 rings (SSSR count). The minimum atomic E-state index is -0.962. The molecule has 0 saturated carbocycles. The summed E-state index contributed by atoms with van der Waals surface area (Å²) in [6.07, 6.45) is 0.376. The van der Waals surface area contributed by atoms with E-state index in [1.807, 2.05) is 0 Å². The van der Waals surface area contributed by atoms with E-state index < -0.39 is 11.4 Å². The van der Waals surface area contributed by atoms with E-state index in [1.54, 1.807) is 13.0 Å². The molecule has 0 aliphatic heterocycles. The molecule has 0 aliphatic carbocycles. The highest BCUT2D eigenvalue weighted by Crippen LogP contribution is 2.20. The number of hydrogen-bond donors (Lipinski definition) is 1. The fraction of sp³-hybridized carbons (Fsp3) is 0.455. The van der Waals surface area contributed by atoms with Crippen LogP contribution in [0.25, 0.3) is 0 Å². The maximum absolute atomic E-state index is 12.9. The van der Waals surface area contributed by atoms with Gasteiger partial charge in [-0.1, -0.05) is 17.7 Å². The summed E-state index contributed by atoms with van der Waals surface area (Å²) >= 11 is 5.63. The normalized spacial score (nSPS) is 15.0. The molecule has 1 N–H and O–H groups in total. The van der Waals surface area contributed by atoms with E-state index in [4.69, 9.17) is 16.3 Å². The molecule has 15 heavy (non-hydrogen) atoms. The highest BCUT2D eigenvalue weighted by molar-refractivity contribution is 6.30. The van der Waals surface area contributed by atoms with Crippen molar-refractivity contribution in [3.8, 4) is 0 Å². The van der Waals surface area contributed by atoms with Crippen molar-refractivity contribution in [3.63, 3.8) is 0 Å². The molecular formula is C11H14ClFO2. The van der Waals surface area contributed by atoms with Gasteiger partial charge in [0.2, 0.25) is 0 Å². The molecule has 0 aromatic heterocycles. The van der Waals surface area contributed by atoms with Crippen LogP contribution in [0.4, 0.5) is 4.39 Å². The smallest absolute Gasteiger partial charge is 0.141 e. The maximum Gasteiger partial charge on any atom is 0.141 e. The van der Waals surface area contributed by atoms with Gasteiger partial charge in [-0.3, -0.25) is 0 Å². The summed E-state index contributed by atoms with van der Waals surface area (Å²) in [5.41, 5.74) is -0.181. The number of benzene rings is 1. The summed E-state index contributed by atoms with van der Waals surface area (Å²) in [4.78, 5) is 0. The molecule has 0 aliphatic rings. The van der Waals surface area contributed by atoms with Crippen molar-refractivity contribution in [3.05, 3.63) is 34.6 Å². The van der Waals surface area contributed by atoms with Crippen molar-refractivity contribution in [2.75, 3.05) is 13.7 Å². The molecule has 0 amide bonds. The van der Waals surface area contributed by atoms with Gasteiger partial charge in [0.15, 0.2) is 0 Å². The quantitative estimate of drug-likeness (QED) is 0.864. The number of halogens is 2. The Morgan fingerprint density at radius 1 is 1.53 bits per heavy atom. The minimum Gasteiger partial charge on any atom is -0.387 e. The Balaban J connectivity index is 2.76. The van der Waals surface area contributed by atoms with Crippen molar-refractivity contribution in [1.82, 2.24) is 0 Å². The molecule has 0 spiro atoms. The van der Waals surface area contributed by atoms with Gasteiger partial charge in [-0.15, -0.1) is 0 Å². The van der Waals surface area contributed by atoms with Crippen molar-refractivity contribution in [1.29, 1.82) is 0 Å². The average molecular weight is 233 g/mol. The lowest BCUT2D eigenvalue weighted by atomic mass is 9.97. The van der Waals surface area contributed by atoms with E-state index in [2.05, 4.69) is 0 Å². The van der Waals surface area contributed by atoms with Gasteiger partial charge in [0.25, 0.3) is 0 Å². The standard InChI is InChI=1S/C11H14ClFO2/c1-11(14,7-15-2)6-8-3-4-10(13)9(12)5-8/h3-5,14H,6-7H2,1-2H3. The van der Waals surface area contributed by atoms with E-state index in [1.165, 1.54) is 19.2 Å². The lowest BCUT2D eigenvalue weighted by Gasteiger charge is -2.22. The SMILES string of the molecule is COCC(C)(O)Cc1ccc(F)c(Cl)c1. The number of methoxy groups -OCH3 is 1. The average Bonchev–Trinajstić information content (AvgIpc) is 2.10. The Labute approximate surface area is 93.6 Å². The zero-order chi connectivity index (χ0) is 11.5. The van der Waals surface area contributed by atoms with E-state index >= 15 is 0 Å². The van der Waals surface area contributed by atoms with Crippen molar-refractivity contribution in [2.24, 2.45) is 0 Å². The second kappa shape index (κ2) is 4.92. The third kappa shape index (κ3) is 3.78. The molecule has 0 fully saturated rings. The predicted octanol–water partition coefficient (Wildman–Crippen LogP) is 2.42. The number of hydrogen-bond acceptors (Lipinski definition) is 2. The predicted molar refractivity (Wildman–Crippen MR) is 57.6 cm³/mol. The van der Waals surface area contributed by atoms with Crippen molar-refractivity contribution < 1.29 is 14.2 Å². The lowest BCUT2D eigenvalue weighted by Crippen LogP contribution is -2.32. The molecule has 1 unspecified atom stereocenters. The molecule has 0 saturated heterocycles. The van der Waals surface area contributed by atoms with E-state index in [-0.39, 0.29) is 11.6 Å². The Hall–Kier alpha value is -0.640. The van der Waals surface area contributed by atoms with E-state index in [0.29, 0.717) is 6.42 Å². The maximum atomic E-state index is 12.9. The van der Waals surface area contributed by atoms with Crippen LogP contribution in [0.5, 0.6) is 0 Å². The fourth-order valence-corrected chi connectivity index (χ4v) is 1.65. The second-order valence-electron chi connectivity index (χ2n) is 3.86. The molecule has 0 radical (unpaired) electrons. The van der Waals surface area contributed by atoms with Crippen molar-refractivity contribution in [2.45, 2.75) is 18.9 Å². The zero-order valence-corrected chi connectivity index (χ0v) is 9.51. The summed E-state index contributed by atoms with van der Waals surface area (Å²) < 4.78 is 17.7. The summed E-state index contributed by atoms with van der Waals surface area (Å²) in [7, 11) is 1.52. The topological polar surface area (TPSA) is 29.5 Å². The number of aliphatic hydroxyl groups is 1. The molecule has 4 heteroatoms. The van der Waals surface area contributed by atoms with Gasteiger partial charge in [0, 0.05) is 13.5 Å². The van der Waals surface area contributed by atoms with Crippen LogP contribution in [-0.2, 0) is 11.2 Å². The Kier molecular flexibility index (Phi) is 4.08. The van der Waals surface area contributed by atoms with Crippen LogP contribution in [0.2, 0.25) is 5.02 Å². The van der Waals surface area contributed by atoms with Crippen LogP contribution in [-0.4, -0.2) is 24.4 Å². The highest BCUT2D eigenvalue weighted by Gasteiger charge is 2.21. The number of ether oxygens (including phenoxy) is 1. The van der Waals surface area contributed by atoms with Gasteiger partial charge in [-0.25, -0.2) is 4.39 Å². The van der Waals surface area contributed by atoms with Gasteiger partial charge < -0.3 is 9.84 Å². The Morgan fingerprint density at radius 3 is 2.73 bits per heavy atom. The molecule has 2 nitrogen and oxygen atoms in total. The summed E-state index contributed by atoms with van der Waals surface area (Å²) in [6, 6.07) is 4.41. The first-order chi connectivity index (χ1) is 6.94. The Bertz CT molecular complexity index is 339.